The van der Waals surface area contributed by atoms with E-state index in [1.807, 2.05) is 41.3 Å². The number of hydrogen-bond donors (Lipinski definition) is 0. The molecular weight excluding hydrogens is 402 g/mol. The molecule has 1 aromatic heterocycles. The standard InChI is InChI=1S/C23H26ClN3O3/c1-17(18-7-2-3-8-19(18)24)25-13-15-26(16-14-25)22(28)11-6-12-27-20-9-4-5-10-21(20)30-23(27)29/h2-5,7-10,17H,6,11-16H2,1H3. The lowest BCUT2D eigenvalue weighted by molar-refractivity contribution is -0.133. The lowest BCUT2D eigenvalue weighted by atomic mass is 10.1. The number of aromatic nitrogens is 1. The molecule has 1 saturated heterocycles. The molecule has 4 rings (SSSR count). The fraction of sp³-hybridized carbons (Fsp3) is 0.391. The third-order valence-electron chi connectivity index (χ3n) is 5.92. The van der Waals surface area contributed by atoms with Crippen LogP contribution in [0.1, 0.15) is 31.4 Å². The number of hydrogen-bond acceptors (Lipinski definition) is 4. The molecule has 0 N–H and O–H groups in total. The van der Waals surface area contributed by atoms with Crippen LogP contribution in [0.2, 0.25) is 5.02 Å². The fourth-order valence-electron chi connectivity index (χ4n) is 4.14. The van der Waals surface area contributed by atoms with Crippen LogP contribution in [0.15, 0.2) is 57.7 Å². The van der Waals surface area contributed by atoms with Crippen molar-refractivity contribution in [2.75, 3.05) is 26.2 Å². The van der Waals surface area contributed by atoms with E-state index in [0.717, 1.165) is 29.2 Å². The van der Waals surface area contributed by atoms with E-state index in [4.69, 9.17) is 16.0 Å². The second-order valence-electron chi connectivity index (χ2n) is 7.71. The maximum Gasteiger partial charge on any atom is 0.419 e. The van der Waals surface area contributed by atoms with E-state index in [1.54, 1.807) is 10.6 Å². The summed E-state index contributed by atoms with van der Waals surface area (Å²) in [5.41, 5.74) is 2.48. The summed E-state index contributed by atoms with van der Waals surface area (Å²) >= 11 is 6.34. The van der Waals surface area contributed by atoms with Gasteiger partial charge in [-0.1, -0.05) is 41.9 Å². The van der Waals surface area contributed by atoms with Crippen molar-refractivity contribution in [3.8, 4) is 0 Å². The Labute approximate surface area is 180 Å². The predicted octanol–water partition coefficient (Wildman–Crippen LogP) is 3.93. The molecule has 6 nitrogen and oxygen atoms in total. The molecule has 0 aliphatic carbocycles. The van der Waals surface area contributed by atoms with E-state index in [1.165, 1.54) is 0 Å². The lowest BCUT2D eigenvalue weighted by Crippen LogP contribution is -2.49. The van der Waals surface area contributed by atoms with Crippen molar-refractivity contribution in [1.82, 2.24) is 14.4 Å². The number of benzene rings is 2. The minimum absolute atomic E-state index is 0.140. The van der Waals surface area contributed by atoms with Crippen molar-refractivity contribution in [2.45, 2.75) is 32.4 Å². The largest absolute Gasteiger partial charge is 0.419 e. The highest BCUT2D eigenvalue weighted by molar-refractivity contribution is 6.31. The highest BCUT2D eigenvalue weighted by Crippen LogP contribution is 2.27. The van der Waals surface area contributed by atoms with Gasteiger partial charge in [-0.05, 0) is 37.1 Å². The van der Waals surface area contributed by atoms with E-state index < -0.39 is 0 Å². The van der Waals surface area contributed by atoms with Crippen molar-refractivity contribution in [2.24, 2.45) is 0 Å². The van der Waals surface area contributed by atoms with Gasteiger partial charge in [0.1, 0.15) is 0 Å². The van der Waals surface area contributed by atoms with Gasteiger partial charge in [0.25, 0.3) is 0 Å². The zero-order valence-corrected chi connectivity index (χ0v) is 17.8. The molecule has 1 aliphatic heterocycles. The average Bonchev–Trinajstić information content (AvgIpc) is 3.09. The van der Waals surface area contributed by atoms with Crippen molar-refractivity contribution >= 4 is 28.6 Å². The summed E-state index contributed by atoms with van der Waals surface area (Å²) in [6.07, 6.45) is 1.03. The normalized spacial score (nSPS) is 16.1. The van der Waals surface area contributed by atoms with Crippen molar-refractivity contribution in [1.29, 1.82) is 0 Å². The third-order valence-corrected chi connectivity index (χ3v) is 6.26. The van der Waals surface area contributed by atoms with Crippen LogP contribution in [0.25, 0.3) is 11.1 Å². The molecule has 30 heavy (non-hydrogen) atoms. The van der Waals surface area contributed by atoms with Gasteiger partial charge in [-0.2, -0.15) is 0 Å². The Morgan fingerprint density at radius 2 is 1.77 bits per heavy atom. The van der Waals surface area contributed by atoms with Gasteiger partial charge in [0.15, 0.2) is 5.58 Å². The number of piperazine rings is 1. The number of amides is 1. The number of para-hydroxylation sites is 2. The molecule has 0 radical (unpaired) electrons. The van der Waals surface area contributed by atoms with Crippen LogP contribution in [0, 0.1) is 0 Å². The molecule has 1 unspecified atom stereocenters. The van der Waals surface area contributed by atoms with Gasteiger partial charge in [-0.3, -0.25) is 14.3 Å². The zero-order chi connectivity index (χ0) is 21.1. The first kappa shape index (κ1) is 20.7. The summed E-state index contributed by atoms with van der Waals surface area (Å²) in [7, 11) is 0. The Balaban J connectivity index is 1.28. The molecule has 0 saturated carbocycles. The molecule has 1 amide bonds. The van der Waals surface area contributed by atoms with Crippen LogP contribution >= 0.6 is 11.6 Å². The average molecular weight is 428 g/mol. The number of fused-ring (bicyclic) bond motifs is 1. The monoisotopic (exact) mass is 427 g/mol. The molecule has 0 bridgehead atoms. The molecule has 2 aromatic carbocycles. The molecule has 7 heteroatoms. The summed E-state index contributed by atoms with van der Waals surface area (Å²) in [5.74, 6) is -0.230. The van der Waals surface area contributed by atoms with Gasteiger partial charge in [0, 0.05) is 50.2 Å². The Bertz CT molecular complexity index is 1080. The SMILES string of the molecule is CC(c1ccccc1Cl)N1CCN(C(=O)CCCn2c(=O)oc3ccccc32)CC1. The van der Waals surface area contributed by atoms with E-state index in [0.29, 0.717) is 38.1 Å². The first-order chi connectivity index (χ1) is 14.5. The van der Waals surface area contributed by atoms with Gasteiger partial charge in [-0.25, -0.2) is 4.79 Å². The Morgan fingerprint density at radius 3 is 2.53 bits per heavy atom. The quantitative estimate of drug-likeness (QED) is 0.598. The van der Waals surface area contributed by atoms with Crippen LogP contribution < -0.4 is 5.76 Å². The van der Waals surface area contributed by atoms with Gasteiger partial charge in [0.2, 0.25) is 5.91 Å². The second kappa shape index (κ2) is 9.06. The van der Waals surface area contributed by atoms with Gasteiger partial charge in [-0.15, -0.1) is 0 Å². The Hall–Kier alpha value is -2.57. The van der Waals surface area contributed by atoms with Crippen molar-refractivity contribution in [3.05, 3.63) is 69.7 Å². The van der Waals surface area contributed by atoms with Crippen LogP contribution in [0.4, 0.5) is 0 Å². The molecule has 158 valence electrons. The van der Waals surface area contributed by atoms with E-state index in [9.17, 15) is 9.59 Å². The Morgan fingerprint density at radius 1 is 1.07 bits per heavy atom. The maximum atomic E-state index is 12.7. The smallest absolute Gasteiger partial charge is 0.408 e. The summed E-state index contributed by atoms with van der Waals surface area (Å²) in [6, 6.07) is 15.5. The molecule has 1 aliphatic rings. The number of rotatable bonds is 6. The summed E-state index contributed by atoms with van der Waals surface area (Å²) in [6.45, 7) is 5.70. The summed E-state index contributed by atoms with van der Waals surface area (Å²) in [5, 5.41) is 0.783. The third kappa shape index (κ3) is 4.30. The lowest BCUT2D eigenvalue weighted by Gasteiger charge is -2.38. The molecule has 2 heterocycles. The highest BCUT2D eigenvalue weighted by atomic mass is 35.5. The predicted molar refractivity (Wildman–Crippen MR) is 118 cm³/mol. The minimum atomic E-state index is -0.370. The number of aryl methyl sites for hydroxylation is 1. The van der Waals surface area contributed by atoms with Crippen LogP contribution in [0.3, 0.4) is 0 Å². The summed E-state index contributed by atoms with van der Waals surface area (Å²) in [4.78, 5) is 29.0. The van der Waals surface area contributed by atoms with Crippen molar-refractivity contribution in [3.63, 3.8) is 0 Å². The zero-order valence-electron chi connectivity index (χ0n) is 17.1. The topological polar surface area (TPSA) is 58.7 Å². The van der Waals surface area contributed by atoms with Crippen molar-refractivity contribution < 1.29 is 9.21 Å². The van der Waals surface area contributed by atoms with E-state index in [-0.39, 0.29) is 17.7 Å². The minimum Gasteiger partial charge on any atom is -0.408 e. The first-order valence-electron chi connectivity index (χ1n) is 10.4. The second-order valence-corrected chi connectivity index (χ2v) is 8.11. The maximum absolute atomic E-state index is 12.7. The number of carbonyl (C=O) groups is 1. The molecule has 3 aromatic rings. The van der Waals surface area contributed by atoms with Crippen LogP contribution in [-0.2, 0) is 11.3 Å². The number of carbonyl (C=O) groups excluding carboxylic acids is 1. The van der Waals surface area contributed by atoms with Crippen LogP contribution in [0.5, 0.6) is 0 Å². The van der Waals surface area contributed by atoms with Crippen LogP contribution in [-0.4, -0.2) is 46.5 Å². The number of nitrogens with zero attached hydrogens (tertiary/aromatic N) is 3. The van der Waals surface area contributed by atoms with E-state index >= 15 is 0 Å². The highest BCUT2D eigenvalue weighted by Gasteiger charge is 2.25. The first-order valence-corrected chi connectivity index (χ1v) is 10.8. The van der Waals surface area contributed by atoms with Gasteiger partial charge in [0.05, 0.1) is 5.52 Å². The van der Waals surface area contributed by atoms with Gasteiger partial charge >= 0.3 is 5.76 Å². The summed E-state index contributed by atoms with van der Waals surface area (Å²) < 4.78 is 6.85. The molecule has 1 atom stereocenters. The Kier molecular flexibility index (Phi) is 6.25. The number of oxazole rings is 1. The molecule has 1 fully saturated rings. The fourth-order valence-corrected chi connectivity index (χ4v) is 4.44. The van der Waals surface area contributed by atoms with E-state index in [2.05, 4.69) is 17.9 Å². The van der Waals surface area contributed by atoms with Gasteiger partial charge < -0.3 is 9.32 Å². The molecular formula is C23H26ClN3O3. The number of halogens is 1. The molecule has 0 spiro atoms.